The van der Waals surface area contributed by atoms with Gasteiger partial charge in [-0.25, -0.2) is 0 Å². The highest BCUT2D eigenvalue weighted by atomic mass is 16.5. The van der Waals surface area contributed by atoms with Crippen molar-refractivity contribution in [2.75, 3.05) is 6.54 Å². The predicted molar refractivity (Wildman–Crippen MR) is 79.0 cm³/mol. The molecule has 1 aliphatic rings. The third-order valence-electron chi connectivity index (χ3n) is 4.02. The highest BCUT2D eigenvalue weighted by Gasteiger charge is 2.24. The average molecular weight is 271 g/mol. The summed E-state index contributed by atoms with van der Waals surface area (Å²) in [6.07, 6.45) is 2.03. The van der Waals surface area contributed by atoms with E-state index in [1.165, 1.54) is 16.8 Å². The Bertz CT molecular complexity index is 593. The topological polar surface area (TPSA) is 53.1 Å². The molecule has 1 atom stereocenters. The summed E-state index contributed by atoms with van der Waals surface area (Å²) in [5.41, 5.74) is 10.5. The molecule has 3 rings (SSSR count). The van der Waals surface area contributed by atoms with Gasteiger partial charge in [0, 0.05) is 12.1 Å². The molecular weight excluding hydrogens is 250 g/mol. The molecule has 2 N–H and O–H groups in total. The summed E-state index contributed by atoms with van der Waals surface area (Å²) >= 11 is 0. The van der Waals surface area contributed by atoms with Crippen molar-refractivity contribution < 1.29 is 4.74 Å². The number of fused-ring (bicyclic) bond motifs is 1. The maximum atomic E-state index is 5.99. The summed E-state index contributed by atoms with van der Waals surface area (Å²) in [5, 5.41) is 4.64. The average Bonchev–Trinajstić information content (AvgIpc) is 2.95. The van der Waals surface area contributed by atoms with Crippen LogP contribution in [0, 0.1) is 13.8 Å². The third-order valence-corrected chi connectivity index (χ3v) is 4.02. The van der Waals surface area contributed by atoms with E-state index in [2.05, 4.69) is 35.8 Å². The maximum Gasteiger partial charge on any atom is 0.123 e. The molecule has 4 nitrogen and oxygen atoms in total. The number of aromatic nitrogens is 2. The van der Waals surface area contributed by atoms with Crippen molar-refractivity contribution in [1.82, 2.24) is 9.78 Å². The Labute approximate surface area is 119 Å². The highest BCUT2D eigenvalue weighted by Crippen LogP contribution is 2.29. The van der Waals surface area contributed by atoms with Gasteiger partial charge in [-0.3, -0.25) is 4.68 Å². The molecule has 0 bridgehead atoms. The molecule has 0 saturated heterocycles. The Hall–Kier alpha value is -1.81. The van der Waals surface area contributed by atoms with Gasteiger partial charge in [-0.15, -0.1) is 0 Å². The van der Waals surface area contributed by atoms with E-state index in [9.17, 15) is 0 Å². The minimum atomic E-state index is 0.177. The van der Waals surface area contributed by atoms with Crippen LogP contribution in [-0.4, -0.2) is 22.4 Å². The zero-order valence-corrected chi connectivity index (χ0v) is 12.1. The number of hydrogen-bond donors (Lipinski definition) is 1. The van der Waals surface area contributed by atoms with Crippen LogP contribution in [0.1, 0.15) is 22.5 Å². The lowest BCUT2D eigenvalue weighted by Gasteiger charge is -2.12. The normalized spacial score (nSPS) is 17.1. The molecule has 106 valence electrons. The first kappa shape index (κ1) is 13.2. The Morgan fingerprint density at radius 1 is 1.35 bits per heavy atom. The van der Waals surface area contributed by atoms with Gasteiger partial charge in [0.2, 0.25) is 0 Å². The monoisotopic (exact) mass is 271 g/mol. The third kappa shape index (κ3) is 2.31. The number of rotatable bonds is 4. The minimum absolute atomic E-state index is 0.177. The van der Waals surface area contributed by atoms with Crippen LogP contribution >= 0.6 is 0 Å². The second-order valence-electron chi connectivity index (χ2n) is 5.42. The maximum absolute atomic E-state index is 5.99. The molecule has 0 radical (unpaired) electrons. The van der Waals surface area contributed by atoms with E-state index in [0.717, 1.165) is 30.8 Å². The first-order valence-corrected chi connectivity index (χ1v) is 7.16. The molecule has 4 heteroatoms. The summed E-state index contributed by atoms with van der Waals surface area (Å²) < 4.78 is 8.06. The number of nitrogens with zero attached hydrogens (tertiary/aromatic N) is 2. The predicted octanol–water partition coefficient (Wildman–Crippen LogP) is 2.00. The van der Waals surface area contributed by atoms with Gasteiger partial charge in [-0.1, -0.05) is 18.2 Å². The van der Waals surface area contributed by atoms with Crippen molar-refractivity contribution in [2.24, 2.45) is 5.73 Å². The van der Waals surface area contributed by atoms with Gasteiger partial charge in [-0.2, -0.15) is 5.10 Å². The molecule has 2 heterocycles. The largest absolute Gasteiger partial charge is 0.488 e. The number of aryl methyl sites for hydroxylation is 1. The highest BCUT2D eigenvalue weighted by molar-refractivity contribution is 5.37. The van der Waals surface area contributed by atoms with Crippen LogP contribution in [0.4, 0.5) is 0 Å². The fourth-order valence-electron chi connectivity index (χ4n) is 2.97. The van der Waals surface area contributed by atoms with Gasteiger partial charge >= 0.3 is 0 Å². The van der Waals surface area contributed by atoms with Crippen molar-refractivity contribution in [2.45, 2.75) is 39.3 Å². The standard InChI is InChI=1S/C16H21N3O/c1-11-15(7-8-17)12(2)19(18-11)10-14-9-13-5-3-4-6-16(13)20-14/h3-6,14H,7-10,17H2,1-2H3. The molecule has 1 aromatic heterocycles. The molecule has 0 spiro atoms. The first-order valence-electron chi connectivity index (χ1n) is 7.16. The van der Waals surface area contributed by atoms with Crippen LogP contribution in [0.2, 0.25) is 0 Å². The second-order valence-corrected chi connectivity index (χ2v) is 5.42. The van der Waals surface area contributed by atoms with Crippen molar-refractivity contribution in [3.8, 4) is 5.75 Å². The molecule has 0 fully saturated rings. The molecule has 0 amide bonds. The van der Waals surface area contributed by atoms with Gasteiger partial charge in [-0.05, 0) is 44.0 Å². The Balaban J connectivity index is 1.76. The Morgan fingerprint density at radius 2 is 2.15 bits per heavy atom. The van der Waals surface area contributed by atoms with Gasteiger partial charge in [0.15, 0.2) is 0 Å². The van der Waals surface area contributed by atoms with Crippen molar-refractivity contribution in [1.29, 1.82) is 0 Å². The SMILES string of the molecule is Cc1nn(CC2Cc3ccccc3O2)c(C)c1CCN. The number of benzene rings is 1. The minimum Gasteiger partial charge on any atom is -0.488 e. The summed E-state index contributed by atoms with van der Waals surface area (Å²) in [6.45, 7) is 5.64. The zero-order valence-electron chi connectivity index (χ0n) is 12.1. The quantitative estimate of drug-likeness (QED) is 0.925. The smallest absolute Gasteiger partial charge is 0.123 e. The van der Waals surface area contributed by atoms with E-state index in [-0.39, 0.29) is 6.10 Å². The van der Waals surface area contributed by atoms with E-state index in [1.54, 1.807) is 0 Å². The van der Waals surface area contributed by atoms with Crippen molar-refractivity contribution >= 4 is 0 Å². The molecule has 0 aliphatic carbocycles. The van der Waals surface area contributed by atoms with Crippen molar-refractivity contribution in [3.63, 3.8) is 0 Å². The molecule has 2 aromatic rings. The Morgan fingerprint density at radius 3 is 2.90 bits per heavy atom. The van der Waals surface area contributed by atoms with Crippen LogP contribution in [-0.2, 0) is 19.4 Å². The zero-order chi connectivity index (χ0) is 14.1. The fourth-order valence-corrected chi connectivity index (χ4v) is 2.97. The van der Waals surface area contributed by atoms with Gasteiger partial charge < -0.3 is 10.5 Å². The summed E-state index contributed by atoms with van der Waals surface area (Å²) in [4.78, 5) is 0. The van der Waals surface area contributed by atoms with Crippen LogP contribution < -0.4 is 10.5 Å². The molecule has 1 aromatic carbocycles. The van der Waals surface area contributed by atoms with Crippen LogP contribution in [0.25, 0.3) is 0 Å². The Kier molecular flexibility index (Phi) is 3.49. The van der Waals surface area contributed by atoms with Crippen LogP contribution in [0.5, 0.6) is 5.75 Å². The van der Waals surface area contributed by atoms with Crippen LogP contribution in [0.15, 0.2) is 24.3 Å². The second kappa shape index (κ2) is 5.29. The molecular formula is C16H21N3O. The van der Waals surface area contributed by atoms with Crippen molar-refractivity contribution in [3.05, 3.63) is 46.8 Å². The van der Waals surface area contributed by atoms with E-state index in [4.69, 9.17) is 10.5 Å². The number of ether oxygens (including phenoxy) is 1. The van der Waals surface area contributed by atoms with Gasteiger partial charge in [0.25, 0.3) is 0 Å². The number of hydrogen-bond acceptors (Lipinski definition) is 3. The van der Waals surface area contributed by atoms with E-state index in [0.29, 0.717) is 6.54 Å². The molecule has 1 aliphatic heterocycles. The van der Waals surface area contributed by atoms with Gasteiger partial charge in [0.1, 0.15) is 11.9 Å². The lowest BCUT2D eigenvalue weighted by Crippen LogP contribution is -2.22. The molecule has 1 unspecified atom stereocenters. The number of para-hydroxylation sites is 1. The van der Waals surface area contributed by atoms with E-state index in [1.807, 2.05) is 12.1 Å². The van der Waals surface area contributed by atoms with E-state index < -0.39 is 0 Å². The lowest BCUT2D eigenvalue weighted by molar-refractivity contribution is 0.202. The fraction of sp³-hybridized carbons (Fsp3) is 0.438. The van der Waals surface area contributed by atoms with E-state index >= 15 is 0 Å². The lowest BCUT2D eigenvalue weighted by atomic mass is 10.1. The van der Waals surface area contributed by atoms with Crippen LogP contribution in [0.3, 0.4) is 0 Å². The number of nitrogens with two attached hydrogens (primary N) is 1. The van der Waals surface area contributed by atoms with Gasteiger partial charge in [0.05, 0.1) is 12.2 Å². The summed E-state index contributed by atoms with van der Waals surface area (Å²) in [7, 11) is 0. The summed E-state index contributed by atoms with van der Waals surface area (Å²) in [6, 6.07) is 8.25. The molecule has 20 heavy (non-hydrogen) atoms. The summed E-state index contributed by atoms with van der Waals surface area (Å²) in [5.74, 6) is 1.02. The molecule has 0 saturated carbocycles. The first-order chi connectivity index (χ1) is 9.69.